The van der Waals surface area contributed by atoms with E-state index in [0.717, 1.165) is 0 Å². The molecule has 0 aromatic heterocycles. The largest absolute Gasteiger partial charge is 0.450 e. The molecule has 1 N–H and O–H groups in total. The number of aliphatic hydroxyl groups is 1. The third-order valence-corrected chi connectivity index (χ3v) is 2.43. The SMILES string of the molecule is CC1(O)C=CC2(C=C1)CCC(=O)O2. The van der Waals surface area contributed by atoms with Crippen LogP contribution in [0.5, 0.6) is 0 Å². The lowest BCUT2D eigenvalue weighted by Gasteiger charge is -2.27. The van der Waals surface area contributed by atoms with E-state index in [0.29, 0.717) is 12.8 Å². The summed E-state index contributed by atoms with van der Waals surface area (Å²) < 4.78 is 5.16. The summed E-state index contributed by atoms with van der Waals surface area (Å²) in [5.41, 5.74) is -1.47. The second kappa shape index (κ2) is 2.45. The van der Waals surface area contributed by atoms with Gasteiger partial charge in [-0.2, -0.15) is 0 Å². The van der Waals surface area contributed by atoms with Crippen LogP contribution in [0.15, 0.2) is 24.3 Å². The van der Waals surface area contributed by atoms with E-state index in [1.807, 2.05) is 0 Å². The minimum absolute atomic E-state index is 0.171. The molecule has 0 unspecified atom stereocenters. The van der Waals surface area contributed by atoms with Crippen LogP contribution >= 0.6 is 0 Å². The van der Waals surface area contributed by atoms with Gasteiger partial charge in [0, 0.05) is 12.8 Å². The molecular formula is C10H12O3. The number of esters is 1. The average molecular weight is 180 g/mol. The van der Waals surface area contributed by atoms with Crippen LogP contribution in [-0.4, -0.2) is 22.3 Å². The summed E-state index contributed by atoms with van der Waals surface area (Å²) >= 11 is 0. The third-order valence-electron chi connectivity index (χ3n) is 2.43. The van der Waals surface area contributed by atoms with E-state index in [9.17, 15) is 9.90 Å². The highest BCUT2D eigenvalue weighted by Crippen LogP contribution is 2.33. The summed E-state index contributed by atoms with van der Waals surface area (Å²) in [5, 5.41) is 9.57. The van der Waals surface area contributed by atoms with Crippen molar-refractivity contribution in [3.05, 3.63) is 24.3 Å². The summed E-state index contributed by atoms with van der Waals surface area (Å²) in [7, 11) is 0. The summed E-state index contributed by atoms with van der Waals surface area (Å²) in [6, 6.07) is 0. The molecule has 0 bridgehead atoms. The molecule has 1 saturated heterocycles. The van der Waals surface area contributed by atoms with Gasteiger partial charge in [0.2, 0.25) is 0 Å². The molecule has 0 radical (unpaired) electrons. The number of carbonyl (C=O) groups excluding carboxylic acids is 1. The minimum atomic E-state index is -0.903. The molecule has 0 amide bonds. The second-order valence-corrected chi connectivity index (χ2v) is 3.82. The molecule has 3 heteroatoms. The Morgan fingerprint density at radius 2 is 2.00 bits per heavy atom. The van der Waals surface area contributed by atoms with Crippen molar-refractivity contribution in [3.63, 3.8) is 0 Å². The Bertz CT molecular complexity index is 283. The van der Waals surface area contributed by atoms with Crippen LogP contribution in [0, 0.1) is 0 Å². The Hall–Kier alpha value is -1.09. The third kappa shape index (κ3) is 1.52. The molecule has 1 aliphatic heterocycles. The molecule has 2 aliphatic rings. The van der Waals surface area contributed by atoms with E-state index in [1.54, 1.807) is 31.2 Å². The Labute approximate surface area is 76.7 Å². The van der Waals surface area contributed by atoms with Crippen molar-refractivity contribution in [3.8, 4) is 0 Å². The highest BCUT2D eigenvalue weighted by atomic mass is 16.6. The lowest BCUT2D eigenvalue weighted by Crippen LogP contribution is -2.30. The second-order valence-electron chi connectivity index (χ2n) is 3.82. The summed E-state index contributed by atoms with van der Waals surface area (Å²) in [5.74, 6) is -0.171. The van der Waals surface area contributed by atoms with Gasteiger partial charge in [-0.25, -0.2) is 0 Å². The van der Waals surface area contributed by atoms with Gasteiger partial charge in [0.05, 0.1) is 5.60 Å². The summed E-state index contributed by atoms with van der Waals surface area (Å²) in [6.07, 6.45) is 7.97. The zero-order chi connectivity index (χ0) is 9.53. The van der Waals surface area contributed by atoms with E-state index in [1.165, 1.54) is 0 Å². The van der Waals surface area contributed by atoms with Gasteiger partial charge in [0.15, 0.2) is 0 Å². The Morgan fingerprint density at radius 1 is 1.38 bits per heavy atom. The fourth-order valence-electron chi connectivity index (χ4n) is 1.58. The van der Waals surface area contributed by atoms with Gasteiger partial charge in [-0.05, 0) is 31.2 Å². The average Bonchev–Trinajstić information content (AvgIpc) is 2.41. The van der Waals surface area contributed by atoms with Crippen LogP contribution in [0.4, 0.5) is 0 Å². The highest BCUT2D eigenvalue weighted by Gasteiger charge is 2.38. The van der Waals surface area contributed by atoms with Gasteiger partial charge in [-0.3, -0.25) is 4.79 Å². The zero-order valence-electron chi connectivity index (χ0n) is 7.49. The van der Waals surface area contributed by atoms with E-state index < -0.39 is 11.2 Å². The molecule has 0 aromatic carbocycles. The van der Waals surface area contributed by atoms with Crippen molar-refractivity contribution in [2.24, 2.45) is 0 Å². The van der Waals surface area contributed by atoms with Gasteiger partial charge in [0.1, 0.15) is 5.60 Å². The van der Waals surface area contributed by atoms with Crippen molar-refractivity contribution < 1.29 is 14.6 Å². The van der Waals surface area contributed by atoms with Crippen LogP contribution in [-0.2, 0) is 9.53 Å². The first kappa shape index (κ1) is 8.51. The lowest BCUT2D eigenvalue weighted by atomic mass is 9.89. The van der Waals surface area contributed by atoms with Gasteiger partial charge >= 0.3 is 5.97 Å². The zero-order valence-corrected chi connectivity index (χ0v) is 7.49. The van der Waals surface area contributed by atoms with E-state index in [4.69, 9.17) is 4.74 Å². The van der Waals surface area contributed by atoms with Crippen LogP contribution in [0.2, 0.25) is 0 Å². The number of rotatable bonds is 0. The van der Waals surface area contributed by atoms with Gasteiger partial charge in [-0.1, -0.05) is 0 Å². The molecule has 13 heavy (non-hydrogen) atoms. The molecule has 1 fully saturated rings. The Morgan fingerprint density at radius 3 is 2.46 bits per heavy atom. The molecule has 1 heterocycles. The molecule has 0 atom stereocenters. The predicted octanol–water partition coefficient (Wildman–Crippen LogP) is 0.939. The summed E-state index contributed by atoms with van der Waals surface area (Å²) in [4.78, 5) is 10.9. The molecule has 0 saturated carbocycles. The van der Waals surface area contributed by atoms with Crippen molar-refractivity contribution in [1.29, 1.82) is 0 Å². The summed E-state index contributed by atoms with van der Waals surface area (Å²) in [6.45, 7) is 1.68. The fourth-order valence-corrected chi connectivity index (χ4v) is 1.58. The first-order chi connectivity index (χ1) is 6.02. The van der Waals surface area contributed by atoms with Crippen molar-refractivity contribution in [1.82, 2.24) is 0 Å². The Kier molecular flexibility index (Phi) is 1.60. The standard InChI is InChI=1S/C10H12O3/c1-9(12)4-6-10(7-5-9)3-2-8(11)13-10/h4-7,12H,2-3H2,1H3. The van der Waals surface area contributed by atoms with Crippen molar-refractivity contribution in [2.45, 2.75) is 31.0 Å². The first-order valence-corrected chi connectivity index (χ1v) is 4.36. The predicted molar refractivity (Wildman–Crippen MR) is 47.0 cm³/mol. The first-order valence-electron chi connectivity index (χ1n) is 4.36. The van der Waals surface area contributed by atoms with E-state index in [-0.39, 0.29) is 5.97 Å². The van der Waals surface area contributed by atoms with Crippen LogP contribution in [0.25, 0.3) is 0 Å². The molecule has 2 rings (SSSR count). The maximum atomic E-state index is 10.9. The smallest absolute Gasteiger partial charge is 0.307 e. The quantitative estimate of drug-likeness (QED) is 0.445. The van der Waals surface area contributed by atoms with Crippen LogP contribution < -0.4 is 0 Å². The fraction of sp³-hybridized carbons (Fsp3) is 0.500. The maximum Gasteiger partial charge on any atom is 0.307 e. The molecule has 3 nitrogen and oxygen atoms in total. The maximum absolute atomic E-state index is 10.9. The van der Waals surface area contributed by atoms with E-state index in [2.05, 4.69) is 0 Å². The van der Waals surface area contributed by atoms with E-state index >= 15 is 0 Å². The van der Waals surface area contributed by atoms with Crippen molar-refractivity contribution >= 4 is 5.97 Å². The minimum Gasteiger partial charge on any atom is -0.450 e. The molecule has 0 aromatic rings. The van der Waals surface area contributed by atoms with Gasteiger partial charge in [-0.15, -0.1) is 0 Å². The van der Waals surface area contributed by atoms with Crippen LogP contribution in [0.1, 0.15) is 19.8 Å². The topological polar surface area (TPSA) is 46.5 Å². The Balaban J connectivity index is 2.22. The van der Waals surface area contributed by atoms with Gasteiger partial charge in [0.25, 0.3) is 0 Å². The molecule has 1 aliphatic carbocycles. The molecule has 1 spiro atoms. The lowest BCUT2D eigenvalue weighted by molar-refractivity contribution is -0.143. The number of carbonyl (C=O) groups is 1. The normalized spacial score (nSPS) is 42.8. The monoisotopic (exact) mass is 180 g/mol. The number of hydrogen-bond donors (Lipinski definition) is 1. The number of hydrogen-bond acceptors (Lipinski definition) is 3. The number of ether oxygens (including phenoxy) is 1. The van der Waals surface area contributed by atoms with Gasteiger partial charge < -0.3 is 9.84 Å². The van der Waals surface area contributed by atoms with Crippen LogP contribution in [0.3, 0.4) is 0 Å². The van der Waals surface area contributed by atoms with Crippen molar-refractivity contribution in [2.75, 3.05) is 0 Å². The molecule has 70 valence electrons. The molecular weight excluding hydrogens is 168 g/mol. The highest BCUT2D eigenvalue weighted by molar-refractivity contribution is 5.73.